The van der Waals surface area contributed by atoms with Crippen LogP contribution in [0, 0.1) is 0 Å². The van der Waals surface area contributed by atoms with Gasteiger partial charge in [-0.2, -0.15) is 0 Å². The summed E-state index contributed by atoms with van der Waals surface area (Å²) in [6, 6.07) is 20.4. The number of carbonyl (C=O) groups is 2. The van der Waals surface area contributed by atoms with E-state index in [1.54, 1.807) is 36.5 Å². The number of benzene rings is 2. The third-order valence-electron chi connectivity index (χ3n) is 6.89. The van der Waals surface area contributed by atoms with Gasteiger partial charge in [0.15, 0.2) is 5.78 Å². The number of para-hydroxylation sites is 2. The largest absolute Gasteiger partial charge is 0.335 e. The van der Waals surface area contributed by atoms with Crippen molar-refractivity contribution in [2.45, 2.75) is 43.4 Å². The zero-order valence-electron chi connectivity index (χ0n) is 22.9. The normalized spacial score (nSPS) is 16.9. The standard InChI is InChI=1S/C33H32N2O2S3/c1-4-34(23(3)36)26-11-6-9-14-30(26)40-33-24(18-20-28(37)31-15-10-22-38-31)16-17-25(33)19-21-32-35(5-2)27-12-7-8-13-29(27)39-32/h6-15,18-22H,4-5,16-17H2,1-3H3/b20-18+,25-19+,32-21-. The van der Waals surface area contributed by atoms with E-state index in [0.29, 0.717) is 6.54 Å². The molecule has 5 rings (SSSR count). The molecule has 0 fully saturated rings. The number of rotatable bonds is 9. The van der Waals surface area contributed by atoms with Crippen molar-refractivity contribution in [3.05, 3.63) is 116 Å². The molecule has 2 aromatic carbocycles. The molecular weight excluding hydrogens is 553 g/mol. The van der Waals surface area contributed by atoms with Crippen molar-refractivity contribution < 1.29 is 9.59 Å². The maximum Gasteiger partial charge on any atom is 0.223 e. The van der Waals surface area contributed by atoms with Gasteiger partial charge in [0.05, 0.1) is 21.3 Å². The van der Waals surface area contributed by atoms with Crippen LogP contribution >= 0.6 is 34.9 Å². The second kappa shape index (κ2) is 12.9. The summed E-state index contributed by atoms with van der Waals surface area (Å²) >= 11 is 4.95. The van der Waals surface area contributed by atoms with Crippen molar-refractivity contribution in [1.82, 2.24) is 0 Å². The Kier molecular flexibility index (Phi) is 9.15. The number of thioether (sulfide) groups is 2. The quantitative estimate of drug-likeness (QED) is 0.185. The van der Waals surface area contributed by atoms with Gasteiger partial charge in [-0.25, -0.2) is 0 Å². The van der Waals surface area contributed by atoms with Gasteiger partial charge in [-0.15, -0.1) is 11.3 Å². The van der Waals surface area contributed by atoms with Crippen LogP contribution in [-0.4, -0.2) is 24.8 Å². The Labute approximate surface area is 249 Å². The topological polar surface area (TPSA) is 40.6 Å². The van der Waals surface area contributed by atoms with Crippen LogP contribution in [0.2, 0.25) is 0 Å². The number of hydrogen-bond donors (Lipinski definition) is 0. The van der Waals surface area contributed by atoms with Gasteiger partial charge in [0, 0.05) is 34.7 Å². The molecule has 0 saturated heterocycles. The molecule has 1 aliphatic carbocycles. The predicted molar refractivity (Wildman–Crippen MR) is 172 cm³/mol. The molecule has 2 aliphatic rings. The van der Waals surface area contributed by atoms with Crippen molar-refractivity contribution in [3.8, 4) is 0 Å². The van der Waals surface area contributed by atoms with Gasteiger partial charge >= 0.3 is 0 Å². The fraction of sp³-hybridized carbons (Fsp3) is 0.212. The number of anilines is 2. The van der Waals surface area contributed by atoms with Crippen LogP contribution in [0.15, 0.2) is 121 Å². The molecule has 0 spiro atoms. The molecule has 1 amide bonds. The Hall–Kier alpha value is -3.26. The summed E-state index contributed by atoms with van der Waals surface area (Å²) in [7, 11) is 0. The molecule has 3 aromatic rings. The Balaban J connectivity index is 1.52. The third kappa shape index (κ3) is 6.07. The molecule has 0 unspecified atom stereocenters. The molecule has 0 radical (unpaired) electrons. The van der Waals surface area contributed by atoms with E-state index in [4.69, 9.17) is 0 Å². The van der Waals surface area contributed by atoms with Crippen LogP contribution in [0.25, 0.3) is 0 Å². The monoisotopic (exact) mass is 584 g/mol. The highest BCUT2D eigenvalue weighted by Gasteiger charge is 2.25. The van der Waals surface area contributed by atoms with Crippen molar-refractivity contribution in [1.29, 1.82) is 0 Å². The van der Waals surface area contributed by atoms with E-state index < -0.39 is 0 Å². The molecule has 0 saturated carbocycles. The fourth-order valence-electron chi connectivity index (χ4n) is 4.94. The highest BCUT2D eigenvalue weighted by Crippen LogP contribution is 2.48. The van der Waals surface area contributed by atoms with E-state index in [0.717, 1.165) is 45.3 Å². The minimum Gasteiger partial charge on any atom is -0.335 e. The van der Waals surface area contributed by atoms with Crippen molar-refractivity contribution in [2.24, 2.45) is 0 Å². The number of ketones is 1. The van der Waals surface area contributed by atoms with Crippen LogP contribution in [0.4, 0.5) is 11.4 Å². The highest BCUT2D eigenvalue weighted by molar-refractivity contribution is 8.04. The SMILES string of the molecule is CCN(C(C)=O)c1ccccc1SC1=C(/C=C/C(=O)c2cccs2)CC/C1=C\C=C1/Sc2ccccc2N1CC. The molecule has 204 valence electrons. The maximum atomic E-state index is 12.8. The average molecular weight is 585 g/mol. The summed E-state index contributed by atoms with van der Waals surface area (Å²) in [5.41, 5.74) is 4.56. The maximum absolute atomic E-state index is 12.8. The van der Waals surface area contributed by atoms with E-state index in [9.17, 15) is 9.59 Å². The Bertz CT molecular complexity index is 1530. The van der Waals surface area contributed by atoms with Crippen LogP contribution in [0.5, 0.6) is 0 Å². The first-order valence-corrected chi connectivity index (χ1v) is 16.0. The van der Waals surface area contributed by atoms with Gasteiger partial charge in [-0.3, -0.25) is 9.59 Å². The zero-order valence-corrected chi connectivity index (χ0v) is 25.4. The molecule has 4 nitrogen and oxygen atoms in total. The summed E-state index contributed by atoms with van der Waals surface area (Å²) in [6.45, 7) is 7.29. The summed E-state index contributed by atoms with van der Waals surface area (Å²) in [4.78, 5) is 33.5. The summed E-state index contributed by atoms with van der Waals surface area (Å²) < 4.78 is 0. The first-order chi connectivity index (χ1) is 19.5. The molecule has 0 bridgehead atoms. The Morgan fingerprint density at radius 3 is 2.55 bits per heavy atom. The number of fused-ring (bicyclic) bond motifs is 1. The van der Waals surface area contributed by atoms with Gasteiger partial charge in [0.25, 0.3) is 0 Å². The smallest absolute Gasteiger partial charge is 0.223 e. The second-order valence-electron chi connectivity index (χ2n) is 9.37. The third-order valence-corrected chi connectivity index (χ3v) is 10.2. The van der Waals surface area contributed by atoms with E-state index in [1.807, 2.05) is 53.6 Å². The van der Waals surface area contributed by atoms with E-state index in [2.05, 4.69) is 54.3 Å². The summed E-state index contributed by atoms with van der Waals surface area (Å²) in [5.74, 6) is 0.0508. The number of carbonyl (C=O) groups excluding carboxylic acids is 2. The van der Waals surface area contributed by atoms with Crippen molar-refractivity contribution in [2.75, 3.05) is 22.9 Å². The van der Waals surface area contributed by atoms with Gasteiger partial charge in [0.2, 0.25) is 5.91 Å². The average Bonchev–Trinajstić information content (AvgIpc) is 3.71. The lowest BCUT2D eigenvalue weighted by atomic mass is 10.2. The molecule has 2 heterocycles. The fourth-order valence-corrected chi connectivity index (χ4v) is 7.97. The number of hydrogen-bond acceptors (Lipinski definition) is 6. The van der Waals surface area contributed by atoms with E-state index >= 15 is 0 Å². The molecule has 1 aliphatic heterocycles. The van der Waals surface area contributed by atoms with Gasteiger partial charge in [-0.05, 0) is 85.7 Å². The first kappa shape index (κ1) is 28.3. The molecule has 40 heavy (non-hydrogen) atoms. The lowest BCUT2D eigenvalue weighted by Gasteiger charge is -2.22. The molecule has 7 heteroatoms. The molecule has 1 aromatic heterocycles. The Morgan fingerprint density at radius 2 is 1.80 bits per heavy atom. The lowest BCUT2D eigenvalue weighted by Crippen LogP contribution is -2.28. The van der Waals surface area contributed by atoms with Crippen molar-refractivity contribution >= 4 is 57.9 Å². The van der Waals surface area contributed by atoms with Crippen LogP contribution in [-0.2, 0) is 4.79 Å². The number of amides is 1. The van der Waals surface area contributed by atoms with Gasteiger partial charge in [-0.1, -0.05) is 66.0 Å². The molecular formula is C33H32N2O2S3. The van der Waals surface area contributed by atoms with Crippen LogP contribution in [0.3, 0.4) is 0 Å². The number of allylic oxidation sites excluding steroid dienone is 6. The molecule has 0 N–H and O–H groups in total. The second-order valence-corrected chi connectivity index (χ2v) is 12.4. The van der Waals surface area contributed by atoms with E-state index in [1.165, 1.54) is 32.5 Å². The zero-order chi connectivity index (χ0) is 28.1. The number of nitrogens with zero attached hydrogens (tertiary/aromatic N) is 2. The Morgan fingerprint density at radius 1 is 1.00 bits per heavy atom. The minimum atomic E-state index is 0.0237. The highest BCUT2D eigenvalue weighted by atomic mass is 32.2. The van der Waals surface area contributed by atoms with E-state index in [-0.39, 0.29) is 11.7 Å². The number of thiophene rings is 1. The van der Waals surface area contributed by atoms with Gasteiger partial charge in [0.1, 0.15) is 0 Å². The van der Waals surface area contributed by atoms with Crippen LogP contribution < -0.4 is 9.80 Å². The summed E-state index contributed by atoms with van der Waals surface area (Å²) in [5, 5.41) is 3.14. The first-order valence-electron chi connectivity index (χ1n) is 13.5. The molecule has 0 atom stereocenters. The van der Waals surface area contributed by atoms with Crippen LogP contribution in [0.1, 0.15) is 43.3 Å². The van der Waals surface area contributed by atoms with Gasteiger partial charge < -0.3 is 9.80 Å². The lowest BCUT2D eigenvalue weighted by molar-refractivity contribution is -0.116. The predicted octanol–water partition coefficient (Wildman–Crippen LogP) is 9.10. The minimum absolute atomic E-state index is 0.0237. The van der Waals surface area contributed by atoms with Crippen molar-refractivity contribution in [3.63, 3.8) is 0 Å². The summed E-state index contributed by atoms with van der Waals surface area (Å²) in [6.07, 6.45) is 9.92.